The van der Waals surface area contributed by atoms with Gasteiger partial charge in [-0.15, -0.1) is 0 Å². The van der Waals surface area contributed by atoms with Crippen LogP contribution in [0.3, 0.4) is 0 Å². The summed E-state index contributed by atoms with van der Waals surface area (Å²) in [6.45, 7) is 13.3. The van der Waals surface area contributed by atoms with Crippen molar-refractivity contribution in [3.05, 3.63) is 53.1 Å². The minimum Gasteiger partial charge on any atom is -0.378 e. The quantitative estimate of drug-likeness (QED) is 0.649. The molecule has 1 unspecified atom stereocenters. The molecule has 2 fully saturated rings. The smallest absolute Gasteiger partial charge is 0.150 e. The number of morpholine rings is 1. The summed E-state index contributed by atoms with van der Waals surface area (Å²) in [4.78, 5) is 7.62. The second kappa shape index (κ2) is 10.5. The normalized spacial score (nSPS) is 20.4. The van der Waals surface area contributed by atoms with Gasteiger partial charge in [-0.2, -0.15) is 0 Å². The number of anilines is 1. The average Bonchev–Trinajstić information content (AvgIpc) is 2.82. The SMILES string of the molecule is C/C=C(\c1ccc(-c2ccc(CC)cc2C)nc1NN1CCCCC1C)N1CCOCC1. The number of hydrazine groups is 1. The van der Waals surface area contributed by atoms with E-state index in [1.54, 1.807) is 0 Å². The number of ether oxygens (including phenoxy) is 1. The lowest BCUT2D eigenvalue weighted by Crippen LogP contribution is -2.42. The Balaban J connectivity index is 1.73. The molecule has 1 atom stereocenters. The van der Waals surface area contributed by atoms with Crippen LogP contribution >= 0.6 is 0 Å². The standard InChI is InChI=1S/C27H38N4O/c1-5-22-10-11-23(20(3)19-22)25-13-12-24(26(6-2)30-15-17-32-18-16-30)27(28-25)29-31-14-8-7-9-21(31)4/h6,10-13,19,21H,5,7-9,14-18H2,1-4H3,(H,28,29)/b26-6+. The number of aromatic nitrogens is 1. The number of nitrogens with one attached hydrogen (secondary N) is 1. The molecular weight excluding hydrogens is 396 g/mol. The number of aryl methyl sites for hydroxylation is 2. The van der Waals surface area contributed by atoms with Gasteiger partial charge >= 0.3 is 0 Å². The molecule has 0 radical (unpaired) electrons. The van der Waals surface area contributed by atoms with Gasteiger partial charge in [0.05, 0.1) is 18.9 Å². The Morgan fingerprint density at radius 1 is 1.16 bits per heavy atom. The first-order valence-electron chi connectivity index (χ1n) is 12.2. The molecule has 5 nitrogen and oxygen atoms in total. The van der Waals surface area contributed by atoms with Crippen LogP contribution in [0.25, 0.3) is 17.0 Å². The first kappa shape index (κ1) is 22.8. The Kier molecular flexibility index (Phi) is 7.48. The number of piperidine rings is 1. The Hall–Kier alpha value is -2.37. The zero-order chi connectivity index (χ0) is 22.5. The first-order valence-corrected chi connectivity index (χ1v) is 12.2. The highest BCUT2D eigenvalue weighted by Crippen LogP contribution is 2.32. The van der Waals surface area contributed by atoms with Crippen molar-refractivity contribution in [1.29, 1.82) is 0 Å². The van der Waals surface area contributed by atoms with Gasteiger partial charge < -0.3 is 15.1 Å². The number of hydrogen-bond acceptors (Lipinski definition) is 5. The van der Waals surface area contributed by atoms with Crippen LogP contribution in [0, 0.1) is 6.92 Å². The maximum atomic E-state index is 5.60. The molecule has 2 saturated heterocycles. The van der Waals surface area contributed by atoms with Gasteiger partial charge in [0.1, 0.15) is 5.82 Å². The second-order valence-corrected chi connectivity index (χ2v) is 9.02. The summed E-state index contributed by atoms with van der Waals surface area (Å²) in [6.07, 6.45) is 7.02. The Labute approximate surface area is 193 Å². The number of benzene rings is 1. The summed E-state index contributed by atoms with van der Waals surface area (Å²) < 4.78 is 5.60. The zero-order valence-electron chi connectivity index (χ0n) is 20.2. The number of rotatable bonds is 6. The number of pyridine rings is 1. The van der Waals surface area contributed by atoms with Crippen molar-refractivity contribution < 1.29 is 4.74 Å². The zero-order valence-corrected chi connectivity index (χ0v) is 20.2. The van der Waals surface area contributed by atoms with Crippen LogP contribution in [-0.2, 0) is 11.2 Å². The van der Waals surface area contributed by atoms with Crippen molar-refractivity contribution in [1.82, 2.24) is 14.9 Å². The maximum Gasteiger partial charge on any atom is 0.150 e. The molecule has 32 heavy (non-hydrogen) atoms. The van der Waals surface area contributed by atoms with Crippen molar-refractivity contribution in [3.63, 3.8) is 0 Å². The Morgan fingerprint density at radius 2 is 1.97 bits per heavy atom. The third-order valence-corrected chi connectivity index (χ3v) is 6.82. The Bertz CT molecular complexity index is 949. The van der Waals surface area contributed by atoms with Gasteiger partial charge in [-0.3, -0.25) is 0 Å². The van der Waals surface area contributed by atoms with Crippen molar-refractivity contribution >= 4 is 11.5 Å². The number of allylic oxidation sites excluding steroid dienone is 1. The molecule has 4 rings (SSSR count). The van der Waals surface area contributed by atoms with E-state index in [0.717, 1.165) is 50.8 Å². The molecule has 0 spiro atoms. The van der Waals surface area contributed by atoms with E-state index in [9.17, 15) is 0 Å². The monoisotopic (exact) mass is 434 g/mol. The van der Waals surface area contributed by atoms with Crippen LogP contribution in [-0.4, -0.2) is 53.8 Å². The third kappa shape index (κ3) is 5.00. The van der Waals surface area contributed by atoms with Crippen LogP contribution in [0.1, 0.15) is 56.7 Å². The number of nitrogens with zero attached hydrogens (tertiary/aromatic N) is 3. The summed E-state index contributed by atoms with van der Waals surface area (Å²) in [5.74, 6) is 0.954. The molecule has 1 aromatic heterocycles. The van der Waals surface area contributed by atoms with Crippen molar-refractivity contribution in [2.45, 2.75) is 59.4 Å². The fraction of sp³-hybridized carbons (Fsp3) is 0.519. The predicted molar refractivity (Wildman–Crippen MR) is 133 cm³/mol. The maximum absolute atomic E-state index is 5.60. The summed E-state index contributed by atoms with van der Waals surface area (Å²) in [7, 11) is 0. The molecule has 0 amide bonds. The van der Waals surface area contributed by atoms with Crippen LogP contribution in [0.4, 0.5) is 5.82 Å². The second-order valence-electron chi connectivity index (χ2n) is 9.02. The van der Waals surface area contributed by atoms with E-state index < -0.39 is 0 Å². The molecule has 0 saturated carbocycles. The average molecular weight is 435 g/mol. The molecule has 172 valence electrons. The van der Waals surface area contributed by atoms with Gasteiger partial charge in [-0.05, 0) is 63.3 Å². The molecule has 3 heterocycles. The molecule has 2 aliphatic rings. The highest BCUT2D eigenvalue weighted by Gasteiger charge is 2.23. The van der Waals surface area contributed by atoms with Gasteiger partial charge in [-0.1, -0.05) is 37.6 Å². The van der Waals surface area contributed by atoms with E-state index in [0.29, 0.717) is 6.04 Å². The van der Waals surface area contributed by atoms with Gasteiger partial charge in [0.2, 0.25) is 0 Å². The van der Waals surface area contributed by atoms with Crippen molar-refractivity contribution in [2.75, 3.05) is 38.3 Å². The molecule has 2 aromatic rings. The fourth-order valence-corrected chi connectivity index (χ4v) is 4.85. The largest absolute Gasteiger partial charge is 0.378 e. The lowest BCUT2D eigenvalue weighted by molar-refractivity contribution is 0.0639. The predicted octanol–water partition coefficient (Wildman–Crippen LogP) is 5.51. The molecule has 1 N–H and O–H groups in total. The van der Waals surface area contributed by atoms with Gasteiger partial charge in [0.15, 0.2) is 0 Å². The summed E-state index contributed by atoms with van der Waals surface area (Å²) in [5, 5.41) is 2.37. The van der Waals surface area contributed by atoms with E-state index in [4.69, 9.17) is 9.72 Å². The van der Waals surface area contributed by atoms with Crippen molar-refractivity contribution in [3.8, 4) is 11.3 Å². The van der Waals surface area contributed by atoms with E-state index in [-0.39, 0.29) is 0 Å². The van der Waals surface area contributed by atoms with Gasteiger partial charge in [0.25, 0.3) is 0 Å². The molecule has 0 aliphatic carbocycles. The highest BCUT2D eigenvalue weighted by molar-refractivity contribution is 5.76. The summed E-state index contributed by atoms with van der Waals surface area (Å²) >= 11 is 0. The van der Waals surface area contributed by atoms with E-state index in [1.807, 2.05) is 0 Å². The lowest BCUT2D eigenvalue weighted by atomic mass is 10.00. The highest BCUT2D eigenvalue weighted by atomic mass is 16.5. The molecular formula is C27H38N4O. The number of hydrogen-bond donors (Lipinski definition) is 1. The van der Waals surface area contributed by atoms with Gasteiger partial charge in [0, 0.05) is 42.5 Å². The van der Waals surface area contributed by atoms with Crippen LogP contribution in [0.2, 0.25) is 0 Å². The van der Waals surface area contributed by atoms with E-state index in [2.05, 4.69) is 79.4 Å². The van der Waals surface area contributed by atoms with Crippen LogP contribution in [0.15, 0.2) is 36.4 Å². The molecule has 0 bridgehead atoms. The summed E-state index contributed by atoms with van der Waals surface area (Å²) in [5.41, 5.74) is 11.0. The van der Waals surface area contributed by atoms with E-state index in [1.165, 1.54) is 47.2 Å². The lowest BCUT2D eigenvalue weighted by Gasteiger charge is -2.36. The first-order chi connectivity index (χ1) is 15.6. The van der Waals surface area contributed by atoms with Gasteiger partial charge in [-0.25, -0.2) is 9.99 Å². The minimum absolute atomic E-state index is 0.505. The topological polar surface area (TPSA) is 40.6 Å². The fourth-order valence-electron chi connectivity index (χ4n) is 4.85. The third-order valence-electron chi connectivity index (χ3n) is 6.82. The van der Waals surface area contributed by atoms with E-state index >= 15 is 0 Å². The molecule has 1 aromatic carbocycles. The summed E-state index contributed by atoms with van der Waals surface area (Å²) in [6, 6.07) is 11.7. The molecule has 2 aliphatic heterocycles. The Morgan fingerprint density at radius 3 is 2.66 bits per heavy atom. The molecule has 5 heteroatoms. The van der Waals surface area contributed by atoms with Crippen LogP contribution in [0.5, 0.6) is 0 Å². The van der Waals surface area contributed by atoms with Crippen molar-refractivity contribution in [2.24, 2.45) is 0 Å². The minimum atomic E-state index is 0.505. The van der Waals surface area contributed by atoms with Crippen LogP contribution < -0.4 is 5.43 Å².